The molecule has 0 radical (unpaired) electrons. The molecule has 1 atom stereocenters. The number of hydrogen-bond acceptors (Lipinski definition) is 3. The zero-order valence-corrected chi connectivity index (χ0v) is 16.5. The number of nitrogens with zero attached hydrogens (tertiary/aromatic N) is 1. The van der Waals surface area contributed by atoms with E-state index in [0.29, 0.717) is 50.4 Å². The van der Waals surface area contributed by atoms with Gasteiger partial charge in [-0.25, -0.2) is 4.39 Å². The second kappa shape index (κ2) is 8.20. The van der Waals surface area contributed by atoms with Gasteiger partial charge in [-0.15, -0.1) is 0 Å². The molecule has 1 saturated heterocycles. The van der Waals surface area contributed by atoms with Gasteiger partial charge in [0.05, 0.1) is 5.56 Å². The number of alkyl halides is 3. The molecule has 1 unspecified atom stereocenters. The second-order valence-corrected chi connectivity index (χ2v) is 7.72. The highest BCUT2D eigenvalue weighted by molar-refractivity contribution is 5.87. The number of carbonyl (C=O) groups is 2. The lowest BCUT2D eigenvalue weighted by molar-refractivity contribution is -0.140. The lowest BCUT2D eigenvalue weighted by Gasteiger charge is -2.30. The largest absolute Gasteiger partial charge is 0.457 e. The average molecular weight is 436 g/mol. The number of hydrogen-bond donors (Lipinski definition) is 1. The molecule has 1 N–H and O–H groups in total. The number of halogens is 4. The molecule has 0 aliphatic carbocycles. The van der Waals surface area contributed by atoms with Gasteiger partial charge in [-0.1, -0.05) is 6.07 Å². The Labute approximate surface area is 176 Å². The summed E-state index contributed by atoms with van der Waals surface area (Å²) in [5.74, 6) is -1.60. The van der Waals surface area contributed by atoms with E-state index >= 15 is 0 Å². The van der Waals surface area contributed by atoms with Crippen LogP contribution < -0.4 is 10.1 Å². The normalized spacial score (nSPS) is 18.5. The lowest BCUT2D eigenvalue weighted by Crippen LogP contribution is -2.37. The van der Waals surface area contributed by atoms with Gasteiger partial charge in [0.15, 0.2) is 0 Å². The predicted octanol–water partition coefficient (Wildman–Crippen LogP) is 4.05. The zero-order valence-electron chi connectivity index (χ0n) is 16.5. The first-order chi connectivity index (χ1) is 14.7. The van der Waals surface area contributed by atoms with Crippen molar-refractivity contribution in [3.63, 3.8) is 0 Å². The fourth-order valence-electron chi connectivity index (χ4n) is 3.91. The van der Waals surface area contributed by atoms with Crippen molar-refractivity contribution in [1.29, 1.82) is 0 Å². The number of ether oxygens (including phenoxy) is 1. The Morgan fingerprint density at radius 3 is 2.55 bits per heavy atom. The van der Waals surface area contributed by atoms with E-state index in [9.17, 15) is 27.2 Å². The van der Waals surface area contributed by atoms with Gasteiger partial charge in [0, 0.05) is 38.0 Å². The molecule has 31 heavy (non-hydrogen) atoms. The van der Waals surface area contributed by atoms with E-state index in [2.05, 4.69) is 5.32 Å². The fraction of sp³-hybridized carbons (Fsp3) is 0.364. The van der Waals surface area contributed by atoms with Crippen LogP contribution in [0.4, 0.5) is 17.6 Å². The van der Waals surface area contributed by atoms with Gasteiger partial charge in [0.25, 0.3) is 0 Å². The summed E-state index contributed by atoms with van der Waals surface area (Å²) in [5, 5.41) is 2.72. The van der Waals surface area contributed by atoms with Crippen LogP contribution in [0.25, 0.3) is 0 Å². The summed E-state index contributed by atoms with van der Waals surface area (Å²) >= 11 is 0. The molecule has 2 aromatic rings. The Kier molecular flexibility index (Phi) is 5.60. The number of amides is 2. The van der Waals surface area contributed by atoms with Crippen molar-refractivity contribution in [2.45, 2.75) is 32.0 Å². The molecular weight excluding hydrogens is 416 g/mol. The highest BCUT2D eigenvalue weighted by Gasteiger charge is 2.34. The number of rotatable bonds is 4. The molecule has 1 fully saturated rings. The third-order valence-corrected chi connectivity index (χ3v) is 5.61. The topological polar surface area (TPSA) is 58.6 Å². The average Bonchev–Trinajstić information content (AvgIpc) is 3.11. The van der Waals surface area contributed by atoms with Crippen LogP contribution in [0.15, 0.2) is 36.4 Å². The number of benzene rings is 2. The maximum absolute atomic E-state index is 13.8. The van der Waals surface area contributed by atoms with E-state index < -0.39 is 17.6 Å². The number of nitrogens with one attached hydrogen (secondary N) is 1. The summed E-state index contributed by atoms with van der Waals surface area (Å²) in [6, 6.07) is 7.60. The third kappa shape index (κ3) is 4.65. The molecule has 9 heteroatoms. The molecule has 0 bridgehead atoms. The van der Waals surface area contributed by atoms with Gasteiger partial charge >= 0.3 is 6.18 Å². The highest BCUT2D eigenvalue weighted by Crippen LogP contribution is 2.34. The lowest BCUT2D eigenvalue weighted by atomic mass is 9.97. The van der Waals surface area contributed by atoms with Gasteiger partial charge in [0.2, 0.25) is 11.8 Å². The van der Waals surface area contributed by atoms with Gasteiger partial charge in [0.1, 0.15) is 17.3 Å². The van der Waals surface area contributed by atoms with E-state index in [4.69, 9.17) is 4.74 Å². The van der Waals surface area contributed by atoms with Crippen molar-refractivity contribution in [3.8, 4) is 11.5 Å². The zero-order chi connectivity index (χ0) is 22.2. The number of carbonyl (C=O) groups excluding carboxylic acids is 2. The molecule has 2 aliphatic rings. The van der Waals surface area contributed by atoms with Crippen LogP contribution in [0.3, 0.4) is 0 Å². The molecule has 0 spiro atoms. The van der Waals surface area contributed by atoms with Crippen LogP contribution in [-0.2, 0) is 28.7 Å². The van der Waals surface area contributed by atoms with Crippen molar-refractivity contribution in [1.82, 2.24) is 10.2 Å². The Morgan fingerprint density at radius 2 is 1.87 bits per heavy atom. The van der Waals surface area contributed by atoms with Crippen molar-refractivity contribution in [2.75, 3.05) is 13.1 Å². The maximum atomic E-state index is 13.8. The summed E-state index contributed by atoms with van der Waals surface area (Å²) < 4.78 is 57.5. The van der Waals surface area contributed by atoms with Crippen molar-refractivity contribution in [2.24, 2.45) is 5.92 Å². The Hall–Kier alpha value is -3.10. The summed E-state index contributed by atoms with van der Waals surface area (Å²) in [6.45, 7) is 1.48. The molecule has 0 saturated carbocycles. The summed E-state index contributed by atoms with van der Waals surface area (Å²) in [5.41, 5.74) is 0.532. The molecule has 2 heterocycles. The molecule has 164 valence electrons. The minimum atomic E-state index is -4.77. The quantitative estimate of drug-likeness (QED) is 0.736. The highest BCUT2D eigenvalue weighted by atomic mass is 19.4. The summed E-state index contributed by atoms with van der Waals surface area (Å²) in [4.78, 5) is 26.0. The standard InChI is InChI=1S/C22H20F4N2O3/c23-19-11-17(3-4-18(19)22(24,25)26)31-16-2-1-13-6-8-28(12-15(13)9-16)20(29)10-14-5-7-27-21(14)30/h1-4,9,11,14H,5-8,10,12H2,(H,27,30). The van der Waals surface area contributed by atoms with Gasteiger partial charge in [-0.05, 0) is 48.2 Å². The van der Waals surface area contributed by atoms with Crippen molar-refractivity contribution in [3.05, 3.63) is 58.9 Å². The molecule has 2 aromatic carbocycles. The van der Waals surface area contributed by atoms with Crippen LogP contribution in [-0.4, -0.2) is 29.8 Å². The van der Waals surface area contributed by atoms with Gasteiger partial charge < -0.3 is 15.0 Å². The van der Waals surface area contributed by atoms with E-state index in [0.717, 1.165) is 17.2 Å². The molecule has 2 amide bonds. The Morgan fingerprint density at radius 1 is 1.13 bits per heavy atom. The first kappa shape index (κ1) is 21.1. The van der Waals surface area contributed by atoms with Crippen LogP contribution in [0.2, 0.25) is 0 Å². The predicted molar refractivity (Wildman–Crippen MR) is 103 cm³/mol. The second-order valence-electron chi connectivity index (χ2n) is 7.72. The SMILES string of the molecule is O=C1NCCC1CC(=O)N1CCc2ccc(Oc3ccc(C(F)(F)F)c(F)c3)cc2C1. The van der Waals surface area contributed by atoms with Crippen LogP contribution in [0.5, 0.6) is 11.5 Å². The molecule has 5 nitrogen and oxygen atoms in total. The summed E-state index contributed by atoms with van der Waals surface area (Å²) in [7, 11) is 0. The van der Waals surface area contributed by atoms with Crippen molar-refractivity contribution < 1.29 is 31.9 Å². The summed E-state index contributed by atoms with van der Waals surface area (Å²) in [6.07, 6.45) is -3.31. The number of fused-ring (bicyclic) bond motifs is 1. The maximum Gasteiger partial charge on any atom is 0.419 e. The van der Waals surface area contributed by atoms with Crippen LogP contribution in [0.1, 0.15) is 29.5 Å². The minimum Gasteiger partial charge on any atom is -0.457 e. The van der Waals surface area contributed by atoms with E-state index in [1.807, 2.05) is 6.07 Å². The van der Waals surface area contributed by atoms with Gasteiger partial charge in [-0.3, -0.25) is 9.59 Å². The first-order valence-electron chi connectivity index (χ1n) is 9.92. The molecule has 2 aliphatic heterocycles. The smallest absolute Gasteiger partial charge is 0.419 e. The fourth-order valence-corrected chi connectivity index (χ4v) is 3.91. The third-order valence-electron chi connectivity index (χ3n) is 5.61. The Balaban J connectivity index is 1.45. The van der Waals surface area contributed by atoms with Crippen molar-refractivity contribution >= 4 is 11.8 Å². The molecule has 0 aromatic heterocycles. The van der Waals surface area contributed by atoms with E-state index in [1.165, 1.54) is 0 Å². The molecule has 4 rings (SSSR count). The first-order valence-corrected chi connectivity index (χ1v) is 9.92. The van der Waals surface area contributed by atoms with Crippen LogP contribution >= 0.6 is 0 Å². The van der Waals surface area contributed by atoms with Gasteiger partial charge in [-0.2, -0.15) is 13.2 Å². The van der Waals surface area contributed by atoms with E-state index in [1.54, 1.807) is 17.0 Å². The van der Waals surface area contributed by atoms with E-state index in [-0.39, 0.29) is 29.9 Å². The minimum absolute atomic E-state index is 0.0542. The monoisotopic (exact) mass is 436 g/mol. The molecular formula is C22H20F4N2O3. The Bertz CT molecular complexity index is 1020. The van der Waals surface area contributed by atoms with Crippen LogP contribution in [0, 0.1) is 11.7 Å².